The molecule has 6 nitrogen and oxygen atoms in total. The molecule has 0 radical (unpaired) electrons. The highest BCUT2D eigenvalue weighted by Gasteiger charge is 2.34. The molecule has 3 heterocycles. The number of carbonyl (C=O) groups is 1. The van der Waals surface area contributed by atoms with Gasteiger partial charge in [-0.1, -0.05) is 0 Å². The Morgan fingerprint density at radius 2 is 2.21 bits per heavy atom. The van der Waals surface area contributed by atoms with Crippen LogP contribution in [0.5, 0.6) is 0 Å². The number of likely N-dealkylation sites (tertiary alicyclic amines) is 1. The Hall–Kier alpha value is -2.32. The first-order chi connectivity index (χ1) is 11.3. The van der Waals surface area contributed by atoms with Crippen molar-refractivity contribution >= 4 is 5.91 Å². The summed E-state index contributed by atoms with van der Waals surface area (Å²) in [6, 6.07) is 0.971. The van der Waals surface area contributed by atoms with Gasteiger partial charge in [0.15, 0.2) is 5.69 Å². The highest BCUT2D eigenvalue weighted by Crippen LogP contribution is 2.27. The van der Waals surface area contributed by atoms with Gasteiger partial charge in [0.05, 0.1) is 12.2 Å². The van der Waals surface area contributed by atoms with Gasteiger partial charge in [0, 0.05) is 25.5 Å². The summed E-state index contributed by atoms with van der Waals surface area (Å²) in [5, 5.41) is 7.71. The third kappa shape index (κ3) is 3.60. The Balaban J connectivity index is 1.63. The van der Waals surface area contributed by atoms with Crippen LogP contribution in [0.1, 0.15) is 30.1 Å². The van der Waals surface area contributed by atoms with Crippen LogP contribution in [-0.4, -0.2) is 43.5 Å². The molecule has 1 amide bonds. The number of rotatable bonds is 3. The fourth-order valence-corrected chi connectivity index (χ4v) is 2.87. The van der Waals surface area contributed by atoms with E-state index in [4.69, 9.17) is 0 Å². The molecule has 1 atom stereocenters. The van der Waals surface area contributed by atoms with E-state index in [1.54, 1.807) is 11.1 Å². The summed E-state index contributed by atoms with van der Waals surface area (Å²) in [4.78, 5) is 14.0. The summed E-state index contributed by atoms with van der Waals surface area (Å²) in [5.74, 6) is -0.236. The SMILES string of the molecule is Cc1cnn([C@H]2CCCN(C(=O)Cn3ccc(C(F)(F)F)n3)C2)c1. The smallest absolute Gasteiger partial charge is 0.339 e. The van der Waals surface area contributed by atoms with Crippen molar-refractivity contribution in [2.75, 3.05) is 13.1 Å². The minimum atomic E-state index is -4.50. The fourth-order valence-electron chi connectivity index (χ4n) is 2.87. The Labute approximate surface area is 136 Å². The van der Waals surface area contributed by atoms with Gasteiger partial charge < -0.3 is 4.90 Å². The number of aryl methyl sites for hydroxylation is 1. The first-order valence-electron chi connectivity index (χ1n) is 7.72. The average Bonchev–Trinajstić information content (AvgIpc) is 3.16. The zero-order chi connectivity index (χ0) is 17.3. The first-order valence-corrected chi connectivity index (χ1v) is 7.72. The number of amides is 1. The second-order valence-corrected chi connectivity index (χ2v) is 6.03. The van der Waals surface area contributed by atoms with Crippen molar-refractivity contribution in [1.82, 2.24) is 24.5 Å². The van der Waals surface area contributed by atoms with E-state index in [1.807, 2.05) is 17.8 Å². The lowest BCUT2D eigenvalue weighted by atomic mass is 10.1. The van der Waals surface area contributed by atoms with Gasteiger partial charge in [-0.3, -0.25) is 14.2 Å². The quantitative estimate of drug-likeness (QED) is 0.861. The highest BCUT2D eigenvalue weighted by atomic mass is 19.4. The lowest BCUT2D eigenvalue weighted by molar-refractivity contribution is -0.142. The van der Waals surface area contributed by atoms with Crippen molar-refractivity contribution in [3.8, 4) is 0 Å². The van der Waals surface area contributed by atoms with Crippen molar-refractivity contribution in [2.24, 2.45) is 0 Å². The van der Waals surface area contributed by atoms with Crippen LogP contribution in [0.2, 0.25) is 0 Å². The van der Waals surface area contributed by atoms with Gasteiger partial charge in [-0.2, -0.15) is 23.4 Å². The molecule has 24 heavy (non-hydrogen) atoms. The molecule has 1 saturated heterocycles. The predicted molar refractivity (Wildman–Crippen MR) is 79.0 cm³/mol. The molecule has 1 aliphatic heterocycles. The molecule has 0 aromatic carbocycles. The molecule has 0 aliphatic carbocycles. The summed E-state index contributed by atoms with van der Waals surface area (Å²) >= 11 is 0. The van der Waals surface area contributed by atoms with E-state index < -0.39 is 11.9 Å². The van der Waals surface area contributed by atoms with Crippen LogP contribution in [-0.2, 0) is 17.5 Å². The van der Waals surface area contributed by atoms with Crippen molar-refractivity contribution < 1.29 is 18.0 Å². The second kappa shape index (κ2) is 6.29. The third-order valence-electron chi connectivity index (χ3n) is 4.08. The molecular formula is C15H18F3N5O. The molecule has 0 unspecified atom stereocenters. The topological polar surface area (TPSA) is 56.0 Å². The standard InChI is InChI=1S/C15H18F3N5O/c1-11-7-19-23(8-11)12-3-2-5-21(9-12)14(24)10-22-6-4-13(20-22)15(16,17)18/h4,6-8,12H,2-3,5,9-10H2,1H3/t12-/m0/s1. The Morgan fingerprint density at radius 3 is 2.83 bits per heavy atom. The maximum absolute atomic E-state index is 12.6. The number of carbonyl (C=O) groups excluding carboxylic acids is 1. The van der Waals surface area contributed by atoms with Crippen LogP contribution in [0, 0.1) is 6.92 Å². The van der Waals surface area contributed by atoms with Crippen LogP contribution in [0.25, 0.3) is 0 Å². The van der Waals surface area contributed by atoms with Gasteiger partial charge in [-0.05, 0) is 31.4 Å². The predicted octanol–water partition coefficient (Wildman–Crippen LogP) is 2.27. The molecule has 0 spiro atoms. The van der Waals surface area contributed by atoms with Crippen LogP contribution in [0.3, 0.4) is 0 Å². The van der Waals surface area contributed by atoms with Gasteiger partial charge in [-0.15, -0.1) is 0 Å². The van der Waals surface area contributed by atoms with Gasteiger partial charge in [0.2, 0.25) is 5.91 Å². The van der Waals surface area contributed by atoms with E-state index >= 15 is 0 Å². The molecule has 0 saturated carbocycles. The largest absolute Gasteiger partial charge is 0.435 e. The van der Waals surface area contributed by atoms with Gasteiger partial charge in [0.1, 0.15) is 6.54 Å². The Kier molecular flexibility index (Phi) is 4.33. The van der Waals surface area contributed by atoms with Crippen LogP contribution in [0.15, 0.2) is 24.7 Å². The molecule has 0 bridgehead atoms. The van der Waals surface area contributed by atoms with Crippen molar-refractivity contribution in [3.63, 3.8) is 0 Å². The zero-order valence-electron chi connectivity index (χ0n) is 13.2. The molecule has 130 valence electrons. The van der Waals surface area contributed by atoms with E-state index in [0.29, 0.717) is 13.1 Å². The van der Waals surface area contributed by atoms with E-state index in [1.165, 1.54) is 6.20 Å². The number of piperidine rings is 1. The molecule has 2 aromatic rings. The summed E-state index contributed by atoms with van der Waals surface area (Å²) in [7, 11) is 0. The number of alkyl halides is 3. The van der Waals surface area contributed by atoms with Gasteiger partial charge in [-0.25, -0.2) is 0 Å². The number of hydrogen-bond donors (Lipinski definition) is 0. The normalized spacial score (nSPS) is 18.8. The maximum atomic E-state index is 12.6. The lowest BCUT2D eigenvalue weighted by Gasteiger charge is -2.32. The number of aromatic nitrogens is 4. The molecule has 9 heteroatoms. The molecule has 1 aliphatic rings. The van der Waals surface area contributed by atoms with E-state index in [0.717, 1.165) is 29.2 Å². The minimum Gasteiger partial charge on any atom is -0.339 e. The van der Waals surface area contributed by atoms with Crippen LogP contribution < -0.4 is 0 Å². The molecular weight excluding hydrogens is 323 g/mol. The minimum absolute atomic E-state index is 0.0970. The lowest BCUT2D eigenvalue weighted by Crippen LogP contribution is -2.42. The first kappa shape index (κ1) is 16.5. The van der Waals surface area contributed by atoms with Gasteiger partial charge >= 0.3 is 6.18 Å². The highest BCUT2D eigenvalue weighted by molar-refractivity contribution is 5.76. The van der Waals surface area contributed by atoms with Crippen molar-refractivity contribution in [3.05, 3.63) is 35.9 Å². The molecule has 1 fully saturated rings. The van der Waals surface area contributed by atoms with E-state index in [9.17, 15) is 18.0 Å². The number of nitrogens with zero attached hydrogens (tertiary/aromatic N) is 5. The average molecular weight is 341 g/mol. The molecule has 0 N–H and O–H groups in total. The molecule has 3 rings (SSSR count). The van der Waals surface area contributed by atoms with E-state index in [-0.39, 0.29) is 18.5 Å². The third-order valence-corrected chi connectivity index (χ3v) is 4.08. The van der Waals surface area contributed by atoms with Crippen LogP contribution in [0.4, 0.5) is 13.2 Å². The Bertz CT molecular complexity index is 721. The molecule has 2 aromatic heterocycles. The van der Waals surface area contributed by atoms with Crippen molar-refractivity contribution in [1.29, 1.82) is 0 Å². The van der Waals surface area contributed by atoms with Crippen LogP contribution >= 0.6 is 0 Å². The number of hydrogen-bond acceptors (Lipinski definition) is 3. The summed E-state index contributed by atoms with van der Waals surface area (Å²) in [5.41, 5.74) is 0.0634. The second-order valence-electron chi connectivity index (χ2n) is 6.03. The van der Waals surface area contributed by atoms with Crippen molar-refractivity contribution in [2.45, 2.75) is 38.5 Å². The summed E-state index contributed by atoms with van der Waals surface area (Å²) in [6.07, 6.45) is 2.14. The number of halogens is 3. The maximum Gasteiger partial charge on any atom is 0.435 e. The zero-order valence-corrected chi connectivity index (χ0v) is 13.2. The Morgan fingerprint density at radius 1 is 1.42 bits per heavy atom. The summed E-state index contributed by atoms with van der Waals surface area (Å²) < 4.78 is 40.5. The fraction of sp³-hybridized carbons (Fsp3) is 0.533. The van der Waals surface area contributed by atoms with Gasteiger partial charge in [0.25, 0.3) is 0 Å². The van der Waals surface area contributed by atoms with E-state index in [2.05, 4.69) is 10.2 Å². The summed E-state index contributed by atoms with van der Waals surface area (Å²) in [6.45, 7) is 2.86. The monoisotopic (exact) mass is 341 g/mol.